The maximum atomic E-state index is 10.2. The average molecular weight is 251 g/mol. The first-order valence-electron chi connectivity index (χ1n) is 6.79. The third kappa shape index (κ3) is 2.72. The van der Waals surface area contributed by atoms with E-state index in [1.165, 1.54) is 37.7 Å². The van der Waals surface area contributed by atoms with Crippen molar-refractivity contribution in [2.45, 2.75) is 63.3 Å². The molecule has 1 aromatic rings. The molecular formula is C14H21NOS. The van der Waals surface area contributed by atoms with E-state index in [1.54, 1.807) is 11.3 Å². The zero-order valence-corrected chi connectivity index (χ0v) is 11.0. The van der Waals surface area contributed by atoms with Crippen LogP contribution in [0.1, 0.15) is 44.1 Å². The summed E-state index contributed by atoms with van der Waals surface area (Å²) in [6.07, 6.45) is 7.23. The van der Waals surface area contributed by atoms with E-state index in [0.717, 1.165) is 19.0 Å². The molecule has 0 bridgehead atoms. The summed E-state index contributed by atoms with van der Waals surface area (Å²) in [6.45, 7) is 1.04. The largest absolute Gasteiger partial charge is 0.391 e. The minimum Gasteiger partial charge on any atom is -0.391 e. The van der Waals surface area contributed by atoms with E-state index >= 15 is 0 Å². The predicted octanol–water partition coefficient (Wildman–Crippen LogP) is 3.02. The summed E-state index contributed by atoms with van der Waals surface area (Å²) in [5, 5.41) is 14.6. The molecule has 0 aromatic carbocycles. The maximum absolute atomic E-state index is 10.2. The van der Waals surface area contributed by atoms with E-state index in [2.05, 4.69) is 21.7 Å². The molecular weight excluding hydrogens is 230 g/mol. The van der Waals surface area contributed by atoms with Crippen molar-refractivity contribution in [3.8, 4) is 0 Å². The third-order valence-corrected chi connectivity index (χ3v) is 4.81. The zero-order valence-electron chi connectivity index (χ0n) is 10.2. The molecule has 0 saturated heterocycles. The SMILES string of the molecule is O[C@H]1CCCC[C@@H]1N(Cc1ccsc1)C1CC1. The highest BCUT2D eigenvalue weighted by Crippen LogP contribution is 2.35. The summed E-state index contributed by atoms with van der Waals surface area (Å²) in [6, 6.07) is 3.37. The Labute approximate surface area is 107 Å². The van der Waals surface area contributed by atoms with Gasteiger partial charge in [-0.1, -0.05) is 12.8 Å². The molecule has 0 spiro atoms. The fourth-order valence-corrected chi connectivity index (χ4v) is 3.66. The number of aliphatic hydroxyl groups is 1. The van der Waals surface area contributed by atoms with E-state index in [-0.39, 0.29) is 6.10 Å². The molecule has 2 atom stereocenters. The average Bonchev–Trinajstić information content (AvgIpc) is 3.05. The number of aliphatic hydroxyl groups excluding tert-OH is 1. The van der Waals surface area contributed by atoms with Crippen LogP contribution >= 0.6 is 11.3 Å². The van der Waals surface area contributed by atoms with Crippen LogP contribution in [0.4, 0.5) is 0 Å². The van der Waals surface area contributed by atoms with Crippen molar-refractivity contribution in [3.05, 3.63) is 22.4 Å². The standard InChI is InChI=1S/C14H21NOS/c16-14-4-2-1-3-13(14)15(12-5-6-12)9-11-7-8-17-10-11/h7-8,10,12-14,16H,1-6,9H2/t13-,14-/m0/s1. The molecule has 3 heteroatoms. The second-order valence-electron chi connectivity index (χ2n) is 5.45. The van der Waals surface area contributed by atoms with Gasteiger partial charge in [0.2, 0.25) is 0 Å². The van der Waals surface area contributed by atoms with Crippen LogP contribution in [0, 0.1) is 0 Å². The fourth-order valence-electron chi connectivity index (χ4n) is 3.00. The molecule has 1 N–H and O–H groups in total. The van der Waals surface area contributed by atoms with Crippen LogP contribution in [0.2, 0.25) is 0 Å². The highest BCUT2D eigenvalue weighted by atomic mass is 32.1. The van der Waals surface area contributed by atoms with Crippen LogP contribution in [0.25, 0.3) is 0 Å². The first-order valence-corrected chi connectivity index (χ1v) is 7.74. The highest BCUT2D eigenvalue weighted by Gasteiger charge is 2.37. The van der Waals surface area contributed by atoms with Crippen LogP contribution in [-0.2, 0) is 6.54 Å². The number of nitrogens with zero attached hydrogens (tertiary/aromatic N) is 1. The van der Waals surface area contributed by atoms with Gasteiger partial charge in [-0.2, -0.15) is 11.3 Å². The van der Waals surface area contributed by atoms with Crippen molar-refractivity contribution in [1.82, 2.24) is 4.90 Å². The van der Waals surface area contributed by atoms with Gasteiger partial charge in [0.1, 0.15) is 0 Å². The van der Waals surface area contributed by atoms with Gasteiger partial charge in [0.15, 0.2) is 0 Å². The van der Waals surface area contributed by atoms with Crippen molar-refractivity contribution in [3.63, 3.8) is 0 Å². The van der Waals surface area contributed by atoms with Gasteiger partial charge in [-0.25, -0.2) is 0 Å². The lowest BCUT2D eigenvalue weighted by Crippen LogP contribution is -2.46. The molecule has 2 aliphatic carbocycles. The quantitative estimate of drug-likeness (QED) is 0.889. The lowest BCUT2D eigenvalue weighted by Gasteiger charge is -2.37. The molecule has 2 fully saturated rings. The minimum absolute atomic E-state index is 0.0945. The predicted molar refractivity (Wildman–Crippen MR) is 71.1 cm³/mol. The second-order valence-corrected chi connectivity index (χ2v) is 6.23. The first-order chi connectivity index (χ1) is 8.34. The molecule has 2 saturated carbocycles. The molecule has 17 heavy (non-hydrogen) atoms. The molecule has 0 amide bonds. The Morgan fingerprint density at radius 2 is 2.06 bits per heavy atom. The summed E-state index contributed by atoms with van der Waals surface area (Å²) in [5.41, 5.74) is 1.42. The van der Waals surface area contributed by atoms with Gasteiger partial charge in [0.05, 0.1) is 6.10 Å². The highest BCUT2D eigenvalue weighted by molar-refractivity contribution is 7.07. The Morgan fingerprint density at radius 3 is 2.71 bits per heavy atom. The Hall–Kier alpha value is -0.380. The Balaban J connectivity index is 1.70. The maximum Gasteiger partial charge on any atom is 0.0695 e. The van der Waals surface area contributed by atoms with Crippen LogP contribution in [-0.4, -0.2) is 28.2 Å². The summed E-state index contributed by atoms with van der Waals surface area (Å²) in [5.74, 6) is 0. The van der Waals surface area contributed by atoms with Crippen LogP contribution < -0.4 is 0 Å². The van der Waals surface area contributed by atoms with E-state index in [1.807, 2.05) is 0 Å². The van der Waals surface area contributed by atoms with Crippen LogP contribution in [0.15, 0.2) is 16.8 Å². The first kappa shape index (κ1) is 11.7. The smallest absolute Gasteiger partial charge is 0.0695 e. The van der Waals surface area contributed by atoms with E-state index in [0.29, 0.717) is 6.04 Å². The van der Waals surface area contributed by atoms with E-state index in [4.69, 9.17) is 0 Å². The van der Waals surface area contributed by atoms with Crippen molar-refractivity contribution in [2.24, 2.45) is 0 Å². The van der Waals surface area contributed by atoms with E-state index in [9.17, 15) is 5.11 Å². The summed E-state index contributed by atoms with van der Waals surface area (Å²) in [7, 11) is 0. The van der Waals surface area contributed by atoms with Crippen LogP contribution in [0.5, 0.6) is 0 Å². The number of thiophene rings is 1. The van der Waals surface area contributed by atoms with Gasteiger partial charge >= 0.3 is 0 Å². The van der Waals surface area contributed by atoms with Gasteiger partial charge in [0.25, 0.3) is 0 Å². The normalized spacial score (nSPS) is 29.8. The van der Waals surface area contributed by atoms with Gasteiger partial charge in [-0.05, 0) is 48.1 Å². The lowest BCUT2D eigenvalue weighted by atomic mass is 9.91. The number of hydrogen-bond donors (Lipinski definition) is 1. The molecule has 2 nitrogen and oxygen atoms in total. The third-order valence-electron chi connectivity index (χ3n) is 4.08. The van der Waals surface area contributed by atoms with Crippen LogP contribution in [0.3, 0.4) is 0 Å². The van der Waals surface area contributed by atoms with Crippen molar-refractivity contribution >= 4 is 11.3 Å². The second kappa shape index (κ2) is 5.09. The molecule has 3 rings (SSSR count). The van der Waals surface area contributed by atoms with Crippen molar-refractivity contribution in [1.29, 1.82) is 0 Å². The fraction of sp³-hybridized carbons (Fsp3) is 0.714. The Bertz CT molecular complexity index is 347. The van der Waals surface area contributed by atoms with Crippen molar-refractivity contribution in [2.75, 3.05) is 0 Å². The monoisotopic (exact) mass is 251 g/mol. The molecule has 1 heterocycles. The van der Waals surface area contributed by atoms with Gasteiger partial charge in [0, 0.05) is 18.6 Å². The van der Waals surface area contributed by atoms with Gasteiger partial charge < -0.3 is 5.11 Å². The summed E-state index contributed by atoms with van der Waals surface area (Å²) in [4.78, 5) is 2.58. The zero-order chi connectivity index (χ0) is 11.7. The van der Waals surface area contributed by atoms with Crippen molar-refractivity contribution < 1.29 is 5.11 Å². The molecule has 0 aliphatic heterocycles. The number of hydrogen-bond acceptors (Lipinski definition) is 3. The van der Waals surface area contributed by atoms with E-state index < -0.39 is 0 Å². The van der Waals surface area contributed by atoms with Gasteiger partial charge in [-0.3, -0.25) is 4.90 Å². The number of rotatable bonds is 4. The minimum atomic E-state index is -0.0945. The summed E-state index contributed by atoms with van der Waals surface area (Å²) < 4.78 is 0. The molecule has 0 unspecified atom stereocenters. The topological polar surface area (TPSA) is 23.5 Å². The Morgan fingerprint density at radius 1 is 1.24 bits per heavy atom. The molecule has 2 aliphatic rings. The molecule has 0 radical (unpaired) electrons. The molecule has 1 aromatic heterocycles. The lowest BCUT2D eigenvalue weighted by molar-refractivity contribution is 0.0113. The molecule has 94 valence electrons. The summed E-state index contributed by atoms with van der Waals surface area (Å²) >= 11 is 1.77. The van der Waals surface area contributed by atoms with Gasteiger partial charge in [-0.15, -0.1) is 0 Å². The Kier molecular flexibility index (Phi) is 3.50.